The van der Waals surface area contributed by atoms with Gasteiger partial charge in [-0.2, -0.15) is 0 Å². The first kappa shape index (κ1) is 16.7. The summed E-state index contributed by atoms with van der Waals surface area (Å²) >= 11 is 6.38. The number of benzene rings is 1. The molecular formula is C17H26ClFN2. The molecule has 1 aromatic carbocycles. The van der Waals surface area contributed by atoms with Crippen molar-refractivity contribution in [2.45, 2.75) is 39.7 Å². The monoisotopic (exact) mass is 312 g/mol. The SMILES string of the molecule is CCCC(C)[C@H](c1c(Cl)ccc(C)c1F)N1CCNCC1. The molecule has 0 saturated carbocycles. The molecule has 2 atom stereocenters. The van der Waals surface area contributed by atoms with E-state index in [-0.39, 0.29) is 11.9 Å². The van der Waals surface area contributed by atoms with Crippen molar-refractivity contribution in [3.8, 4) is 0 Å². The predicted molar refractivity (Wildman–Crippen MR) is 87.4 cm³/mol. The molecule has 2 nitrogen and oxygen atoms in total. The van der Waals surface area contributed by atoms with E-state index in [1.807, 2.05) is 13.0 Å². The smallest absolute Gasteiger partial charge is 0.132 e. The lowest BCUT2D eigenvalue weighted by Gasteiger charge is -2.39. The van der Waals surface area contributed by atoms with Crippen LogP contribution in [-0.4, -0.2) is 31.1 Å². The fourth-order valence-corrected chi connectivity index (χ4v) is 3.61. The molecule has 0 bridgehead atoms. The summed E-state index contributed by atoms with van der Waals surface area (Å²) in [4.78, 5) is 2.39. The Bertz CT molecular complexity index is 472. The fourth-order valence-electron chi connectivity index (χ4n) is 3.35. The van der Waals surface area contributed by atoms with Gasteiger partial charge in [0.25, 0.3) is 0 Å². The molecule has 1 saturated heterocycles. The Kier molecular flexibility index (Phi) is 6.03. The molecular weight excluding hydrogens is 287 g/mol. The van der Waals surface area contributed by atoms with Gasteiger partial charge >= 0.3 is 0 Å². The second kappa shape index (κ2) is 7.57. The Labute approximate surface area is 132 Å². The summed E-state index contributed by atoms with van der Waals surface area (Å²) in [6.45, 7) is 10.0. The zero-order valence-electron chi connectivity index (χ0n) is 13.3. The highest BCUT2D eigenvalue weighted by Crippen LogP contribution is 2.38. The molecule has 1 aliphatic rings. The van der Waals surface area contributed by atoms with E-state index in [0.29, 0.717) is 22.1 Å². The molecule has 1 unspecified atom stereocenters. The van der Waals surface area contributed by atoms with Crippen molar-refractivity contribution in [2.24, 2.45) is 5.92 Å². The van der Waals surface area contributed by atoms with Gasteiger partial charge in [-0.05, 0) is 30.9 Å². The van der Waals surface area contributed by atoms with Crippen LogP contribution in [0, 0.1) is 18.7 Å². The maximum Gasteiger partial charge on any atom is 0.132 e. The third kappa shape index (κ3) is 3.77. The minimum atomic E-state index is -0.131. The number of piperazine rings is 1. The van der Waals surface area contributed by atoms with Gasteiger partial charge in [0.2, 0.25) is 0 Å². The molecule has 1 aromatic rings. The van der Waals surface area contributed by atoms with Gasteiger partial charge in [-0.3, -0.25) is 4.90 Å². The zero-order valence-corrected chi connectivity index (χ0v) is 14.0. The third-order valence-corrected chi connectivity index (χ3v) is 4.77. The van der Waals surface area contributed by atoms with E-state index in [0.717, 1.165) is 39.0 Å². The van der Waals surface area contributed by atoms with Gasteiger partial charge in [0.1, 0.15) is 5.82 Å². The molecule has 0 radical (unpaired) electrons. The molecule has 21 heavy (non-hydrogen) atoms. The number of halogens is 2. The first-order valence-corrected chi connectivity index (χ1v) is 8.33. The van der Waals surface area contributed by atoms with Crippen molar-refractivity contribution < 1.29 is 4.39 Å². The molecule has 0 amide bonds. The number of hydrogen-bond donors (Lipinski definition) is 1. The van der Waals surface area contributed by atoms with Crippen LogP contribution in [-0.2, 0) is 0 Å². The van der Waals surface area contributed by atoms with Gasteiger partial charge in [0, 0.05) is 42.8 Å². The molecule has 4 heteroatoms. The third-order valence-electron chi connectivity index (χ3n) is 4.44. The van der Waals surface area contributed by atoms with Crippen molar-refractivity contribution >= 4 is 11.6 Å². The van der Waals surface area contributed by atoms with Crippen LogP contribution in [0.1, 0.15) is 43.9 Å². The highest BCUT2D eigenvalue weighted by Gasteiger charge is 2.31. The van der Waals surface area contributed by atoms with Crippen molar-refractivity contribution in [2.75, 3.05) is 26.2 Å². The maximum atomic E-state index is 14.7. The lowest BCUT2D eigenvalue weighted by molar-refractivity contribution is 0.123. The Morgan fingerprint density at radius 3 is 2.62 bits per heavy atom. The zero-order chi connectivity index (χ0) is 15.4. The lowest BCUT2D eigenvalue weighted by atomic mass is 9.88. The first-order valence-electron chi connectivity index (χ1n) is 7.95. The largest absolute Gasteiger partial charge is 0.314 e. The van der Waals surface area contributed by atoms with Crippen molar-refractivity contribution in [3.63, 3.8) is 0 Å². The standard InChI is InChI=1S/C17H26ClFN2/c1-4-5-13(3)17(21-10-8-20-9-11-21)15-14(18)7-6-12(2)16(15)19/h6-7,13,17,20H,4-5,8-11H2,1-3H3/t13?,17-/m1/s1. The van der Waals surface area contributed by atoms with E-state index >= 15 is 0 Å². The molecule has 0 aromatic heterocycles. The van der Waals surface area contributed by atoms with Crippen LogP contribution in [0.2, 0.25) is 5.02 Å². The van der Waals surface area contributed by atoms with E-state index in [1.54, 1.807) is 6.07 Å². The van der Waals surface area contributed by atoms with Crippen LogP contribution in [0.4, 0.5) is 4.39 Å². The molecule has 1 heterocycles. The molecule has 1 N–H and O–H groups in total. The van der Waals surface area contributed by atoms with E-state index in [1.165, 1.54) is 0 Å². The number of nitrogens with zero attached hydrogens (tertiary/aromatic N) is 1. The topological polar surface area (TPSA) is 15.3 Å². The Balaban J connectivity index is 2.41. The normalized spacial score (nSPS) is 19.5. The molecule has 0 spiro atoms. The van der Waals surface area contributed by atoms with Crippen molar-refractivity contribution in [1.82, 2.24) is 10.2 Å². The summed E-state index contributed by atoms with van der Waals surface area (Å²) in [5.41, 5.74) is 1.37. The average molecular weight is 313 g/mol. The van der Waals surface area contributed by atoms with Crippen LogP contribution in [0.15, 0.2) is 12.1 Å². The van der Waals surface area contributed by atoms with Gasteiger partial charge < -0.3 is 5.32 Å². The quantitative estimate of drug-likeness (QED) is 0.878. The van der Waals surface area contributed by atoms with E-state index < -0.39 is 0 Å². The van der Waals surface area contributed by atoms with Crippen LogP contribution in [0.5, 0.6) is 0 Å². The Morgan fingerprint density at radius 2 is 2.00 bits per heavy atom. The molecule has 0 aliphatic carbocycles. The van der Waals surface area contributed by atoms with Crippen molar-refractivity contribution in [3.05, 3.63) is 34.1 Å². The average Bonchev–Trinajstić information content (AvgIpc) is 2.48. The summed E-state index contributed by atoms with van der Waals surface area (Å²) in [6.07, 6.45) is 2.19. The number of rotatable bonds is 5. The highest BCUT2D eigenvalue weighted by molar-refractivity contribution is 6.31. The van der Waals surface area contributed by atoms with Gasteiger partial charge in [0.15, 0.2) is 0 Å². The second-order valence-corrected chi connectivity index (χ2v) is 6.50. The predicted octanol–water partition coefficient (Wildman–Crippen LogP) is 4.17. The van der Waals surface area contributed by atoms with E-state index in [9.17, 15) is 4.39 Å². The Morgan fingerprint density at radius 1 is 1.33 bits per heavy atom. The van der Waals surface area contributed by atoms with Gasteiger partial charge in [-0.15, -0.1) is 0 Å². The summed E-state index contributed by atoms with van der Waals surface area (Å²) < 4.78 is 14.7. The Hall–Kier alpha value is -0.640. The molecule has 118 valence electrons. The molecule has 2 rings (SSSR count). The summed E-state index contributed by atoms with van der Waals surface area (Å²) in [5.74, 6) is 0.260. The summed E-state index contributed by atoms with van der Waals surface area (Å²) in [5, 5.41) is 3.92. The van der Waals surface area contributed by atoms with Gasteiger partial charge in [-0.1, -0.05) is 37.9 Å². The van der Waals surface area contributed by atoms with Gasteiger partial charge in [-0.25, -0.2) is 4.39 Å². The fraction of sp³-hybridized carbons (Fsp3) is 0.647. The minimum absolute atomic E-state index is 0.0689. The summed E-state index contributed by atoms with van der Waals surface area (Å²) in [6, 6.07) is 3.67. The van der Waals surface area contributed by atoms with Gasteiger partial charge in [0.05, 0.1) is 0 Å². The van der Waals surface area contributed by atoms with Crippen LogP contribution in [0.25, 0.3) is 0 Å². The number of nitrogens with one attached hydrogen (secondary N) is 1. The second-order valence-electron chi connectivity index (χ2n) is 6.09. The van der Waals surface area contributed by atoms with Crippen LogP contribution in [0.3, 0.4) is 0 Å². The first-order chi connectivity index (χ1) is 10.1. The van der Waals surface area contributed by atoms with Crippen LogP contribution < -0.4 is 5.32 Å². The highest BCUT2D eigenvalue weighted by atomic mass is 35.5. The number of aryl methyl sites for hydroxylation is 1. The molecule has 1 aliphatic heterocycles. The van der Waals surface area contributed by atoms with E-state index in [4.69, 9.17) is 11.6 Å². The van der Waals surface area contributed by atoms with Crippen molar-refractivity contribution in [1.29, 1.82) is 0 Å². The lowest BCUT2D eigenvalue weighted by Crippen LogP contribution is -2.47. The maximum absolute atomic E-state index is 14.7. The summed E-state index contributed by atoms with van der Waals surface area (Å²) in [7, 11) is 0. The minimum Gasteiger partial charge on any atom is -0.314 e. The number of hydrogen-bond acceptors (Lipinski definition) is 2. The molecule has 1 fully saturated rings. The van der Waals surface area contributed by atoms with Crippen LogP contribution >= 0.6 is 11.6 Å². The van der Waals surface area contributed by atoms with E-state index in [2.05, 4.69) is 24.1 Å².